The SMILES string of the molecule is C[SiH](C)C(C(C)(C)C)C(C)(C)NC1C=CC=C1. The second-order valence-corrected chi connectivity index (χ2v) is 10.4. The summed E-state index contributed by atoms with van der Waals surface area (Å²) in [6, 6.07) is 0.419. The molecule has 0 aromatic rings. The van der Waals surface area contributed by atoms with Crippen LogP contribution in [-0.4, -0.2) is 20.4 Å². The fourth-order valence-corrected chi connectivity index (χ4v) is 7.73. The van der Waals surface area contributed by atoms with Gasteiger partial charge in [0, 0.05) is 20.4 Å². The summed E-state index contributed by atoms with van der Waals surface area (Å²) in [6.07, 6.45) is 8.74. The smallest absolute Gasteiger partial charge is 0.0445 e. The van der Waals surface area contributed by atoms with Crippen LogP contribution in [0.2, 0.25) is 18.6 Å². The average molecular weight is 251 g/mol. The third-order valence-electron chi connectivity index (χ3n) is 3.66. The van der Waals surface area contributed by atoms with E-state index in [9.17, 15) is 0 Å². The molecule has 0 fully saturated rings. The molecule has 0 aliphatic heterocycles. The summed E-state index contributed by atoms with van der Waals surface area (Å²) in [5, 5.41) is 3.80. The highest BCUT2D eigenvalue weighted by molar-refractivity contribution is 6.58. The van der Waals surface area contributed by atoms with E-state index in [4.69, 9.17) is 0 Å². The van der Waals surface area contributed by atoms with Crippen LogP contribution in [0, 0.1) is 5.41 Å². The number of allylic oxidation sites excluding steroid dienone is 2. The third kappa shape index (κ3) is 3.82. The van der Waals surface area contributed by atoms with E-state index in [2.05, 4.69) is 77.3 Å². The van der Waals surface area contributed by atoms with Crippen LogP contribution in [0.15, 0.2) is 24.3 Å². The zero-order valence-corrected chi connectivity index (χ0v) is 13.7. The van der Waals surface area contributed by atoms with Gasteiger partial charge in [0.25, 0.3) is 0 Å². The normalized spacial score (nSPS) is 19.3. The quantitative estimate of drug-likeness (QED) is 0.750. The first kappa shape index (κ1) is 14.7. The van der Waals surface area contributed by atoms with Gasteiger partial charge >= 0.3 is 0 Å². The van der Waals surface area contributed by atoms with Crippen LogP contribution in [0.3, 0.4) is 0 Å². The Balaban J connectivity index is 2.84. The van der Waals surface area contributed by atoms with Crippen molar-refractivity contribution in [1.82, 2.24) is 5.32 Å². The van der Waals surface area contributed by atoms with Gasteiger partial charge in [-0.25, -0.2) is 0 Å². The molecule has 0 amide bonds. The first-order valence-corrected chi connectivity index (χ1v) is 9.75. The second kappa shape index (κ2) is 5.11. The molecule has 1 aliphatic rings. The van der Waals surface area contributed by atoms with Crippen molar-refractivity contribution in [1.29, 1.82) is 0 Å². The zero-order valence-electron chi connectivity index (χ0n) is 12.5. The Morgan fingerprint density at radius 2 is 1.47 bits per heavy atom. The Kier molecular flexibility index (Phi) is 4.42. The Hall–Kier alpha value is -0.343. The van der Waals surface area contributed by atoms with E-state index in [0.717, 1.165) is 5.54 Å². The minimum atomic E-state index is -0.707. The fraction of sp³-hybridized carbons (Fsp3) is 0.733. The van der Waals surface area contributed by atoms with E-state index in [0.29, 0.717) is 11.5 Å². The van der Waals surface area contributed by atoms with Gasteiger partial charge in [-0.2, -0.15) is 0 Å². The van der Waals surface area contributed by atoms with Gasteiger partial charge in [0.15, 0.2) is 0 Å². The molecule has 98 valence electrons. The maximum Gasteiger partial charge on any atom is 0.0445 e. The van der Waals surface area contributed by atoms with Gasteiger partial charge in [0.1, 0.15) is 0 Å². The molecule has 1 atom stereocenters. The summed E-state index contributed by atoms with van der Waals surface area (Å²) >= 11 is 0. The van der Waals surface area contributed by atoms with Gasteiger partial charge in [-0.3, -0.25) is 0 Å². The van der Waals surface area contributed by atoms with Gasteiger partial charge < -0.3 is 5.32 Å². The van der Waals surface area contributed by atoms with Crippen LogP contribution in [0.25, 0.3) is 0 Å². The van der Waals surface area contributed by atoms with E-state index in [1.807, 2.05) is 0 Å². The molecule has 1 N–H and O–H groups in total. The van der Waals surface area contributed by atoms with E-state index >= 15 is 0 Å². The van der Waals surface area contributed by atoms with Crippen molar-refractivity contribution < 1.29 is 0 Å². The van der Waals surface area contributed by atoms with Crippen LogP contribution in [0.5, 0.6) is 0 Å². The Morgan fingerprint density at radius 1 is 1.00 bits per heavy atom. The van der Waals surface area contributed by atoms with Crippen molar-refractivity contribution >= 4 is 8.80 Å². The molecule has 0 bridgehead atoms. The molecular formula is C15H29NSi. The molecule has 17 heavy (non-hydrogen) atoms. The van der Waals surface area contributed by atoms with E-state index in [1.54, 1.807) is 0 Å². The topological polar surface area (TPSA) is 12.0 Å². The third-order valence-corrected chi connectivity index (χ3v) is 6.83. The predicted molar refractivity (Wildman–Crippen MR) is 81.4 cm³/mol. The Bertz CT molecular complexity index is 295. The largest absolute Gasteiger partial charge is 0.302 e. The van der Waals surface area contributed by atoms with Crippen molar-refractivity contribution in [3.8, 4) is 0 Å². The summed E-state index contributed by atoms with van der Waals surface area (Å²) in [5.41, 5.74) is 1.35. The molecule has 1 aliphatic carbocycles. The summed E-state index contributed by atoms with van der Waals surface area (Å²) in [5.74, 6) is 0. The number of hydrogen-bond donors (Lipinski definition) is 1. The molecular weight excluding hydrogens is 222 g/mol. The lowest BCUT2D eigenvalue weighted by Gasteiger charge is -2.46. The molecule has 1 rings (SSSR count). The lowest BCUT2D eigenvalue weighted by atomic mass is 9.80. The van der Waals surface area contributed by atoms with E-state index < -0.39 is 8.80 Å². The first-order chi connectivity index (χ1) is 7.64. The number of rotatable bonds is 4. The molecule has 0 heterocycles. The minimum absolute atomic E-state index is 0.197. The van der Waals surface area contributed by atoms with Crippen molar-refractivity contribution in [2.45, 2.75) is 64.8 Å². The molecule has 2 heteroatoms. The van der Waals surface area contributed by atoms with Crippen molar-refractivity contribution in [2.24, 2.45) is 5.41 Å². The molecule has 0 saturated carbocycles. The van der Waals surface area contributed by atoms with Crippen LogP contribution in [0.1, 0.15) is 34.6 Å². The highest BCUT2D eigenvalue weighted by atomic mass is 28.3. The molecule has 0 aromatic carbocycles. The standard InChI is InChI=1S/C15H29NSi/c1-14(2,3)13(17(6)7)15(4,5)16-12-10-8-9-11-12/h8-13,16-17H,1-7H3. The monoisotopic (exact) mass is 251 g/mol. The Labute approximate surface area is 109 Å². The number of hydrogen-bond acceptors (Lipinski definition) is 1. The summed E-state index contributed by atoms with van der Waals surface area (Å²) in [4.78, 5) is 0. The lowest BCUT2D eigenvalue weighted by Crippen LogP contribution is -2.54. The van der Waals surface area contributed by atoms with Crippen LogP contribution >= 0.6 is 0 Å². The Morgan fingerprint density at radius 3 is 1.82 bits per heavy atom. The molecule has 0 saturated heterocycles. The fourth-order valence-electron chi connectivity index (χ4n) is 3.96. The van der Waals surface area contributed by atoms with Gasteiger partial charge in [-0.15, -0.1) is 0 Å². The lowest BCUT2D eigenvalue weighted by molar-refractivity contribution is 0.236. The van der Waals surface area contributed by atoms with Gasteiger partial charge in [-0.05, 0) is 24.8 Å². The maximum atomic E-state index is 3.80. The maximum absolute atomic E-state index is 3.80. The summed E-state index contributed by atoms with van der Waals surface area (Å²) in [6.45, 7) is 16.8. The van der Waals surface area contributed by atoms with Crippen molar-refractivity contribution in [2.75, 3.05) is 0 Å². The highest BCUT2D eigenvalue weighted by Crippen LogP contribution is 2.42. The molecule has 1 unspecified atom stereocenters. The zero-order chi connectivity index (χ0) is 13.3. The van der Waals surface area contributed by atoms with Crippen molar-refractivity contribution in [3.05, 3.63) is 24.3 Å². The summed E-state index contributed by atoms with van der Waals surface area (Å²) < 4.78 is 0. The van der Waals surface area contributed by atoms with E-state index in [-0.39, 0.29) is 5.54 Å². The molecule has 1 nitrogen and oxygen atoms in total. The molecule has 0 aromatic heterocycles. The van der Waals surface area contributed by atoms with Crippen LogP contribution in [-0.2, 0) is 0 Å². The predicted octanol–water partition coefficient (Wildman–Crippen LogP) is 3.75. The summed E-state index contributed by atoms with van der Waals surface area (Å²) in [7, 11) is -0.707. The van der Waals surface area contributed by atoms with Crippen LogP contribution < -0.4 is 5.32 Å². The molecule has 0 radical (unpaired) electrons. The second-order valence-electron chi connectivity index (χ2n) is 7.25. The average Bonchev–Trinajstić information content (AvgIpc) is 2.49. The van der Waals surface area contributed by atoms with Gasteiger partial charge in [-0.1, -0.05) is 58.2 Å². The van der Waals surface area contributed by atoms with Gasteiger partial charge in [0.2, 0.25) is 0 Å². The first-order valence-electron chi connectivity index (χ1n) is 6.77. The molecule has 0 spiro atoms. The van der Waals surface area contributed by atoms with Gasteiger partial charge in [0.05, 0.1) is 0 Å². The minimum Gasteiger partial charge on any atom is -0.302 e. The number of nitrogens with one attached hydrogen (secondary N) is 1. The highest BCUT2D eigenvalue weighted by Gasteiger charge is 2.40. The van der Waals surface area contributed by atoms with Crippen LogP contribution in [0.4, 0.5) is 0 Å². The van der Waals surface area contributed by atoms with Crippen molar-refractivity contribution in [3.63, 3.8) is 0 Å². The van der Waals surface area contributed by atoms with E-state index in [1.165, 1.54) is 0 Å².